The van der Waals surface area contributed by atoms with Gasteiger partial charge in [0.2, 0.25) is 0 Å². The van der Waals surface area contributed by atoms with E-state index in [1.54, 1.807) is 11.8 Å². The predicted molar refractivity (Wildman–Crippen MR) is 121 cm³/mol. The fourth-order valence-corrected chi connectivity index (χ4v) is 4.50. The molecule has 2 heterocycles. The Kier molecular flexibility index (Phi) is 9.64. The number of aromatic nitrogens is 3. The van der Waals surface area contributed by atoms with Crippen molar-refractivity contribution in [3.63, 3.8) is 0 Å². The van der Waals surface area contributed by atoms with Gasteiger partial charge < -0.3 is 19.9 Å². The van der Waals surface area contributed by atoms with Crippen molar-refractivity contribution in [2.24, 2.45) is 4.99 Å². The third-order valence-corrected chi connectivity index (χ3v) is 5.87. The Morgan fingerprint density at radius 3 is 2.70 bits per heavy atom. The Morgan fingerprint density at radius 2 is 2.07 bits per heavy atom. The summed E-state index contributed by atoms with van der Waals surface area (Å²) < 4.78 is 2.38. The van der Waals surface area contributed by atoms with E-state index in [1.807, 2.05) is 0 Å². The molecule has 9 heteroatoms. The summed E-state index contributed by atoms with van der Waals surface area (Å²) in [5.74, 6) is 2.03. The molecule has 0 spiro atoms. The second-order valence-electron chi connectivity index (χ2n) is 7.14. The van der Waals surface area contributed by atoms with Crippen LogP contribution in [0.5, 0.6) is 0 Å². The summed E-state index contributed by atoms with van der Waals surface area (Å²) in [6.07, 6.45) is 9.68. The zero-order valence-corrected chi connectivity index (χ0v) is 19.6. The van der Waals surface area contributed by atoms with Crippen molar-refractivity contribution in [1.82, 2.24) is 25.0 Å². The average Bonchev–Trinajstić information content (AvgIpc) is 3.37. The minimum Gasteiger partial charge on any atom is -0.391 e. The SMILES string of the molecule is CCNC(=NCCCc1nnc(SC)n1C1CCCC1)N1CC[C@@H](O)C1.I. The van der Waals surface area contributed by atoms with E-state index in [-0.39, 0.29) is 30.1 Å². The highest BCUT2D eigenvalue weighted by atomic mass is 127. The van der Waals surface area contributed by atoms with Gasteiger partial charge in [-0.3, -0.25) is 4.99 Å². The Hall–Kier alpha value is -0.550. The van der Waals surface area contributed by atoms with Gasteiger partial charge in [0.15, 0.2) is 11.1 Å². The molecule has 7 nitrogen and oxygen atoms in total. The van der Waals surface area contributed by atoms with E-state index in [0.29, 0.717) is 12.6 Å². The van der Waals surface area contributed by atoms with Crippen molar-refractivity contribution in [1.29, 1.82) is 0 Å². The molecule has 0 unspecified atom stereocenters. The van der Waals surface area contributed by atoms with Gasteiger partial charge in [0.25, 0.3) is 0 Å². The lowest BCUT2D eigenvalue weighted by atomic mass is 10.2. The van der Waals surface area contributed by atoms with Crippen LogP contribution in [0.3, 0.4) is 0 Å². The third kappa shape index (κ3) is 5.96. The molecule has 2 fully saturated rings. The molecule has 3 rings (SSSR count). The summed E-state index contributed by atoms with van der Waals surface area (Å²) in [5, 5.41) is 23.0. The molecule has 0 aromatic carbocycles. The molecule has 1 aliphatic heterocycles. The van der Waals surface area contributed by atoms with Crippen LogP contribution < -0.4 is 5.32 Å². The normalized spacial score (nSPS) is 20.9. The van der Waals surface area contributed by atoms with Gasteiger partial charge in [0, 0.05) is 38.6 Å². The van der Waals surface area contributed by atoms with Gasteiger partial charge >= 0.3 is 0 Å². The lowest BCUT2D eigenvalue weighted by Crippen LogP contribution is -2.40. The number of nitrogens with one attached hydrogen (secondary N) is 1. The second-order valence-corrected chi connectivity index (χ2v) is 7.91. The quantitative estimate of drug-likeness (QED) is 0.194. The monoisotopic (exact) mass is 508 g/mol. The van der Waals surface area contributed by atoms with Crippen LogP contribution in [0.1, 0.15) is 57.3 Å². The van der Waals surface area contributed by atoms with Crippen LogP contribution in [0.2, 0.25) is 0 Å². The first-order valence-electron chi connectivity index (χ1n) is 9.92. The number of rotatable bonds is 7. The number of likely N-dealkylation sites (tertiary alicyclic amines) is 1. The molecule has 1 aromatic heterocycles. The van der Waals surface area contributed by atoms with Gasteiger partial charge in [0.1, 0.15) is 5.82 Å². The number of aliphatic hydroxyl groups excluding tert-OH is 1. The van der Waals surface area contributed by atoms with Crippen LogP contribution in [0.25, 0.3) is 0 Å². The summed E-state index contributed by atoms with van der Waals surface area (Å²) in [6, 6.07) is 0.578. The highest BCUT2D eigenvalue weighted by Crippen LogP contribution is 2.33. The number of aryl methyl sites for hydroxylation is 1. The largest absolute Gasteiger partial charge is 0.391 e. The first-order valence-corrected chi connectivity index (χ1v) is 11.1. The third-order valence-electron chi connectivity index (χ3n) is 5.23. The van der Waals surface area contributed by atoms with E-state index in [4.69, 9.17) is 4.99 Å². The van der Waals surface area contributed by atoms with E-state index in [2.05, 4.69) is 38.2 Å². The van der Waals surface area contributed by atoms with Crippen molar-refractivity contribution in [3.05, 3.63) is 5.82 Å². The van der Waals surface area contributed by atoms with E-state index < -0.39 is 0 Å². The highest BCUT2D eigenvalue weighted by molar-refractivity contribution is 14.0. The van der Waals surface area contributed by atoms with E-state index in [0.717, 1.165) is 55.8 Å². The van der Waals surface area contributed by atoms with Gasteiger partial charge in [-0.05, 0) is 38.9 Å². The van der Waals surface area contributed by atoms with Gasteiger partial charge in [-0.25, -0.2) is 0 Å². The minimum atomic E-state index is -0.228. The lowest BCUT2D eigenvalue weighted by molar-refractivity contribution is 0.188. The van der Waals surface area contributed by atoms with Crippen molar-refractivity contribution < 1.29 is 5.11 Å². The molecular formula is C18H33IN6OS. The maximum Gasteiger partial charge on any atom is 0.194 e. The summed E-state index contributed by atoms with van der Waals surface area (Å²) in [4.78, 5) is 6.91. The lowest BCUT2D eigenvalue weighted by Gasteiger charge is -2.21. The molecule has 27 heavy (non-hydrogen) atoms. The number of halogens is 1. The molecule has 1 saturated heterocycles. The molecule has 1 atom stereocenters. The number of nitrogens with zero attached hydrogens (tertiary/aromatic N) is 5. The van der Waals surface area contributed by atoms with Crippen molar-refractivity contribution >= 4 is 41.7 Å². The van der Waals surface area contributed by atoms with Crippen LogP contribution in [0.4, 0.5) is 0 Å². The zero-order valence-electron chi connectivity index (χ0n) is 16.4. The Bertz CT molecular complexity index is 605. The molecule has 0 bridgehead atoms. The fraction of sp³-hybridized carbons (Fsp3) is 0.833. The van der Waals surface area contributed by atoms with E-state index >= 15 is 0 Å². The summed E-state index contributed by atoms with van der Waals surface area (Å²) >= 11 is 1.69. The van der Waals surface area contributed by atoms with Crippen LogP contribution in [-0.4, -0.2) is 69.3 Å². The molecular weight excluding hydrogens is 475 g/mol. The first kappa shape index (κ1) is 22.7. The van der Waals surface area contributed by atoms with E-state index in [9.17, 15) is 5.11 Å². The fourth-order valence-electron chi connectivity index (χ4n) is 3.93. The van der Waals surface area contributed by atoms with Crippen LogP contribution in [-0.2, 0) is 6.42 Å². The Morgan fingerprint density at radius 1 is 1.30 bits per heavy atom. The van der Waals surface area contributed by atoms with Crippen LogP contribution >= 0.6 is 35.7 Å². The van der Waals surface area contributed by atoms with Crippen LogP contribution in [0.15, 0.2) is 10.1 Å². The summed E-state index contributed by atoms with van der Waals surface area (Å²) in [7, 11) is 0. The number of guanidine groups is 1. The number of β-amino-alcohol motifs (C(OH)–C–C–N with tert-alkyl or cyclic N) is 1. The van der Waals surface area contributed by atoms with Crippen molar-refractivity contribution in [2.45, 2.75) is 69.2 Å². The van der Waals surface area contributed by atoms with Crippen molar-refractivity contribution in [2.75, 3.05) is 32.4 Å². The van der Waals surface area contributed by atoms with E-state index in [1.165, 1.54) is 25.7 Å². The average molecular weight is 508 g/mol. The maximum absolute atomic E-state index is 9.75. The Balaban J connectivity index is 0.00000261. The molecule has 1 aliphatic carbocycles. The van der Waals surface area contributed by atoms with Gasteiger partial charge in [-0.15, -0.1) is 34.2 Å². The molecule has 2 N–H and O–H groups in total. The maximum atomic E-state index is 9.75. The molecule has 1 saturated carbocycles. The number of aliphatic hydroxyl groups is 1. The van der Waals surface area contributed by atoms with Crippen LogP contribution in [0, 0.1) is 0 Å². The predicted octanol–water partition coefficient (Wildman–Crippen LogP) is 2.70. The molecule has 0 amide bonds. The Labute approximate surface area is 183 Å². The minimum absolute atomic E-state index is 0. The highest BCUT2D eigenvalue weighted by Gasteiger charge is 2.24. The number of hydrogen-bond donors (Lipinski definition) is 2. The number of thioether (sulfide) groups is 1. The summed E-state index contributed by atoms with van der Waals surface area (Å²) in [6.45, 7) is 5.24. The number of hydrogen-bond acceptors (Lipinski definition) is 5. The second kappa shape index (κ2) is 11.5. The molecule has 0 radical (unpaired) electrons. The molecule has 2 aliphatic rings. The van der Waals surface area contributed by atoms with Crippen molar-refractivity contribution in [3.8, 4) is 0 Å². The topological polar surface area (TPSA) is 78.6 Å². The summed E-state index contributed by atoms with van der Waals surface area (Å²) in [5.41, 5.74) is 0. The molecule has 1 aromatic rings. The van der Waals surface area contributed by atoms with Gasteiger partial charge in [-0.1, -0.05) is 24.6 Å². The smallest absolute Gasteiger partial charge is 0.194 e. The van der Waals surface area contributed by atoms with Gasteiger partial charge in [-0.2, -0.15) is 0 Å². The van der Waals surface area contributed by atoms with Gasteiger partial charge in [0.05, 0.1) is 6.10 Å². The molecule has 154 valence electrons. The zero-order chi connectivity index (χ0) is 18.4. The standard InChI is InChI=1S/C18H32N6OS.HI/c1-3-19-17(23-12-10-15(25)13-23)20-11-6-9-16-21-22-18(26-2)24(16)14-7-4-5-8-14;/h14-15,25H,3-13H2,1-2H3,(H,19,20);1H/t15-;/m1./s1. The first-order chi connectivity index (χ1) is 12.7. The number of aliphatic imine (C=N–C) groups is 1.